The molecule has 3 rings (SSSR count). The van der Waals surface area contributed by atoms with Crippen LogP contribution in [0.25, 0.3) is 10.6 Å². The zero-order valence-corrected chi connectivity index (χ0v) is 10.6. The van der Waals surface area contributed by atoms with E-state index < -0.39 is 0 Å². The van der Waals surface area contributed by atoms with Crippen molar-refractivity contribution < 1.29 is 0 Å². The van der Waals surface area contributed by atoms with Crippen LogP contribution in [0.4, 0.5) is 0 Å². The van der Waals surface area contributed by atoms with Gasteiger partial charge in [0.15, 0.2) is 0 Å². The largest absolute Gasteiger partial charge is 0.299 e. The number of rotatable bonds is 3. The summed E-state index contributed by atoms with van der Waals surface area (Å²) in [7, 11) is 0. The van der Waals surface area contributed by atoms with Crippen molar-refractivity contribution in [2.45, 2.75) is 19.4 Å². The lowest BCUT2D eigenvalue weighted by molar-refractivity contribution is 0.331. The molecule has 1 aromatic carbocycles. The Labute approximate surface area is 106 Å². The van der Waals surface area contributed by atoms with Crippen LogP contribution in [0.3, 0.4) is 0 Å². The van der Waals surface area contributed by atoms with Gasteiger partial charge in [-0.2, -0.15) is 0 Å². The highest BCUT2D eigenvalue weighted by atomic mass is 32.1. The summed E-state index contributed by atoms with van der Waals surface area (Å²) in [5.74, 6) is 0. The van der Waals surface area contributed by atoms with Gasteiger partial charge in [0.05, 0.1) is 0 Å². The van der Waals surface area contributed by atoms with Gasteiger partial charge in [-0.05, 0) is 37.6 Å². The minimum atomic E-state index is 1.08. The quantitative estimate of drug-likeness (QED) is 0.822. The van der Waals surface area contributed by atoms with Crippen molar-refractivity contribution >= 4 is 11.3 Å². The lowest BCUT2D eigenvalue weighted by Gasteiger charge is -2.14. The van der Waals surface area contributed by atoms with Crippen LogP contribution in [0.15, 0.2) is 35.8 Å². The van der Waals surface area contributed by atoms with Gasteiger partial charge >= 0.3 is 0 Å². The second-order valence-electron chi connectivity index (χ2n) is 4.52. The standard InChI is InChI=1S/C14H16N2S/c1-2-8-16(7-1)11-12-4-3-5-13(10-12)14-15-6-9-17-14/h3-6,9-10H,1-2,7-8,11H2. The molecule has 0 saturated carbocycles. The van der Waals surface area contributed by atoms with E-state index in [9.17, 15) is 0 Å². The molecule has 1 fully saturated rings. The highest BCUT2D eigenvalue weighted by molar-refractivity contribution is 7.13. The molecule has 1 aliphatic rings. The molecule has 88 valence electrons. The second kappa shape index (κ2) is 4.98. The van der Waals surface area contributed by atoms with Crippen molar-refractivity contribution in [3.05, 3.63) is 41.4 Å². The van der Waals surface area contributed by atoms with Crippen LogP contribution in [0.5, 0.6) is 0 Å². The number of benzene rings is 1. The first-order valence-corrected chi connectivity index (χ1v) is 7.01. The van der Waals surface area contributed by atoms with Gasteiger partial charge in [0, 0.05) is 23.7 Å². The van der Waals surface area contributed by atoms with Gasteiger partial charge in [-0.25, -0.2) is 4.98 Å². The minimum absolute atomic E-state index is 1.08. The molecule has 0 atom stereocenters. The van der Waals surface area contributed by atoms with Crippen LogP contribution in [0, 0.1) is 0 Å². The summed E-state index contributed by atoms with van der Waals surface area (Å²) < 4.78 is 0. The second-order valence-corrected chi connectivity index (χ2v) is 5.42. The molecule has 2 nitrogen and oxygen atoms in total. The van der Waals surface area contributed by atoms with E-state index in [4.69, 9.17) is 0 Å². The number of thiazole rings is 1. The topological polar surface area (TPSA) is 16.1 Å². The summed E-state index contributed by atoms with van der Waals surface area (Å²) in [5, 5.41) is 3.15. The first-order valence-electron chi connectivity index (χ1n) is 6.13. The number of likely N-dealkylation sites (tertiary alicyclic amines) is 1. The first kappa shape index (κ1) is 10.9. The van der Waals surface area contributed by atoms with E-state index in [2.05, 4.69) is 34.1 Å². The summed E-state index contributed by atoms with van der Waals surface area (Å²) in [6, 6.07) is 8.78. The highest BCUT2D eigenvalue weighted by Crippen LogP contribution is 2.23. The summed E-state index contributed by atoms with van der Waals surface area (Å²) in [6.45, 7) is 3.59. The van der Waals surface area contributed by atoms with Crippen molar-refractivity contribution in [1.29, 1.82) is 0 Å². The third-order valence-electron chi connectivity index (χ3n) is 3.21. The van der Waals surface area contributed by atoms with Crippen molar-refractivity contribution in [3.63, 3.8) is 0 Å². The fourth-order valence-electron chi connectivity index (χ4n) is 2.37. The molecule has 0 amide bonds. The van der Waals surface area contributed by atoms with Crippen LogP contribution in [-0.2, 0) is 6.54 Å². The summed E-state index contributed by atoms with van der Waals surface area (Å²) in [4.78, 5) is 6.89. The number of nitrogens with zero attached hydrogens (tertiary/aromatic N) is 2. The number of hydrogen-bond donors (Lipinski definition) is 0. The molecule has 2 heterocycles. The van der Waals surface area contributed by atoms with Crippen LogP contribution in [-0.4, -0.2) is 23.0 Å². The molecular formula is C14H16N2S. The molecule has 2 aromatic rings. The average Bonchev–Trinajstić information content (AvgIpc) is 3.01. The van der Waals surface area contributed by atoms with E-state index >= 15 is 0 Å². The number of aromatic nitrogens is 1. The molecule has 1 aliphatic heterocycles. The Hall–Kier alpha value is -1.19. The van der Waals surface area contributed by atoms with Crippen molar-refractivity contribution in [2.24, 2.45) is 0 Å². The van der Waals surface area contributed by atoms with Gasteiger partial charge in [0.1, 0.15) is 5.01 Å². The Morgan fingerprint density at radius 2 is 2.12 bits per heavy atom. The zero-order valence-electron chi connectivity index (χ0n) is 9.80. The third-order valence-corrected chi connectivity index (χ3v) is 4.03. The zero-order chi connectivity index (χ0) is 11.5. The first-order chi connectivity index (χ1) is 8.42. The molecule has 0 unspecified atom stereocenters. The Morgan fingerprint density at radius 1 is 1.24 bits per heavy atom. The minimum Gasteiger partial charge on any atom is -0.299 e. The molecule has 1 aromatic heterocycles. The molecule has 17 heavy (non-hydrogen) atoms. The SMILES string of the molecule is c1cc(CN2CCCC2)cc(-c2nccs2)c1. The molecule has 0 spiro atoms. The maximum Gasteiger partial charge on any atom is 0.123 e. The Balaban J connectivity index is 1.79. The fraction of sp³-hybridized carbons (Fsp3) is 0.357. The van der Waals surface area contributed by atoms with E-state index in [1.807, 2.05) is 11.6 Å². The molecular weight excluding hydrogens is 228 g/mol. The van der Waals surface area contributed by atoms with E-state index in [-0.39, 0.29) is 0 Å². The Morgan fingerprint density at radius 3 is 2.88 bits per heavy atom. The summed E-state index contributed by atoms with van der Waals surface area (Å²) >= 11 is 1.70. The van der Waals surface area contributed by atoms with Crippen LogP contribution in [0.1, 0.15) is 18.4 Å². The highest BCUT2D eigenvalue weighted by Gasteiger charge is 2.12. The van der Waals surface area contributed by atoms with Gasteiger partial charge < -0.3 is 0 Å². The Kier molecular flexibility index (Phi) is 3.20. The summed E-state index contributed by atoms with van der Waals surface area (Å²) in [5.41, 5.74) is 2.65. The maximum absolute atomic E-state index is 4.36. The van der Waals surface area contributed by atoms with Gasteiger partial charge in [-0.1, -0.05) is 18.2 Å². The lowest BCUT2D eigenvalue weighted by Crippen LogP contribution is -2.18. The molecule has 0 bridgehead atoms. The van der Waals surface area contributed by atoms with Gasteiger partial charge in [0.25, 0.3) is 0 Å². The molecule has 1 saturated heterocycles. The number of hydrogen-bond acceptors (Lipinski definition) is 3. The fourth-order valence-corrected chi connectivity index (χ4v) is 3.00. The van der Waals surface area contributed by atoms with E-state index in [1.54, 1.807) is 11.3 Å². The Bertz CT molecular complexity index is 473. The monoisotopic (exact) mass is 244 g/mol. The maximum atomic E-state index is 4.36. The summed E-state index contributed by atoms with van der Waals surface area (Å²) in [6.07, 6.45) is 4.57. The molecule has 0 radical (unpaired) electrons. The van der Waals surface area contributed by atoms with E-state index in [0.717, 1.165) is 11.6 Å². The van der Waals surface area contributed by atoms with Crippen molar-refractivity contribution in [1.82, 2.24) is 9.88 Å². The third kappa shape index (κ3) is 2.56. The van der Waals surface area contributed by atoms with Crippen molar-refractivity contribution in [2.75, 3.05) is 13.1 Å². The van der Waals surface area contributed by atoms with Gasteiger partial charge in [-0.3, -0.25) is 4.90 Å². The van der Waals surface area contributed by atoms with Gasteiger partial charge in [0.2, 0.25) is 0 Å². The normalized spacial score (nSPS) is 16.5. The lowest BCUT2D eigenvalue weighted by atomic mass is 10.1. The van der Waals surface area contributed by atoms with E-state index in [0.29, 0.717) is 0 Å². The van der Waals surface area contributed by atoms with Crippen LogP contribution >= 0.6 is 11.3 Å². The van der Waals surface area contributed by atoms with Crippen molar-refractivity contribution in [3.8, 4) is 10.6 Å². The molecule has 3 heteroatoms. The van der Waals surface area contributed by atoms with Crippen LogP contribution in [0.2, 0.25) is 0 Å². The smallest absolute Gasteiger partial charge is 0.123 e. The average molecular weight is 244 g/mol. The van der Waals surface area contributed by atoms with Gasteiger partial charge in [-0.15, -0.1) is 11.3 Å². The van der Waals surface area contributed by atoms with Crippen LogP contribution < -0.4 is 0 Å². The molecule has 0 aliphatic carbocycles. The predicted octanol–water partition coefficient (Wildman–Crippen LogP) is 3.41. The molecule has 0 N–H and O–H groups in total. The van der Waals surface area contributed by atoms with E-state index in [1.165, 1.54) is 37.1 Å². The predicted molar refractivity (Wildman–Crippen MR) is 72.1 cm³/mol.